The zero-order valence-electron chi connectivity index (χ0n) is 11.0. The summed E-state index contributed by atoms with van der Waals surface area (Å²) in [6, 6.07) is 3.44. The minimum absolute atomic E-state index is 0.0352. The highest BCUT2D eigenvalue weighted by atomic mass is 32.1. The molecule has 5 nitrogen and oxygen atoms in total. The summed E-state index contributed by atoms with van der Waals surface area (Å²) in [7, 11) is 0. The predicted molar refractivity (Wildman–Crippen MR) is 78.4 cm³/mol. The SMILES string of the molecule is CCN1CCOC(Cn2cccc(C(N)=S)c2=O)C1. The Bertz CT molecular complexity index is 515. The lowest BCUT2D eigenvalue weighted by Crippen LogP contribution is -2.45. The van der Waals surface area contributed by atoms with Crippen molar-refractivity contribution in [2.24, 2.45) is 5.73 Å². The number of hydrogen-bond acceptors (Lipinski definition) is 4. The first-order valence-corrected chi connectivity index (χ1v) is 6.86. The average molecular weight is 281 g/mol. The summed E-state index contributed by atoms with van der Waals surface area (Å²) in [6.45, 7) is 6.17. The number of morpholine rings is 1. The van der Waals surface area contributed by atoms with Gasteiger partial charge in [-0.25, -0.2) is 0 Å². The summed E-state index contributed by atoms with van der Waals surface area (Å²) >= 11 is 4.88. The quantitative estimate of drug-likeness (QED) is 0.799. The average Bonchev–Trinajstić information content (AvgIpc) is 2.41. The van der Waals surface area contributed by atoms with Crippen molar-refractivity contribution in [1.29, 1.82) is 0 Å². The van der Waals surface area contributed by atoms with Crippen molar-refractivity contribution >= 4 is 17.2 Å². The first-order valence-electron chi connectivity index (χ1n) is 6.45. The van der Waals surface area contributed by atoms with Gasteiger partial charge in [0.15, 0.2) is 0 Å². The molecule has 1 aromatic heterocycles. The fourth-order valence-electron chi connectivity index (χ4n) is 2.27. The van der Waals surface area contributed by atoms with Crippen LogP contribution in [0.3, 0.4) is 0 Å². The zero-order chi connectivity index (χ0) is 13.8. The van der Waals surface area contributed by atoms with Crippen LogP contribution in [0.1, 0.15) is 12.5 Å². The number of pyridine rings is 1. The summed E-state index contributed by atoms with van der Waals surface area (Å²) in [5.41, 5.74) is 5.78. The van der Waals surface area contributed by atoms with E-state index in [4.69, 9.17) is 22.7 Å². The molecule has 2 heterocycles. The second kappa shape index (κ2) is 6.27. The van der Waals surface area contributed by atoms with Crippen LogP contribution in [0.2, 0.25) is 0 Å². The van der Waals surface area contributed by atoms with Crippen molar-refractivity contribution in [2.75, 3.05) is 26.2 Å². The third kappa shape index (κ3) is 3.40. The number of hydrogen-bond donors (Lipinski definition) is 1. The first-order chi connectivity index (χ1) is 9.11. The zero-order valence-corrected chi connectivity index (χ0v) is 11.9. The van der Waals surface area contributed by atoms with Crippen LogP contribution in [0, 0.1) is 0 Å². The predicted octanol–water partition coefficient (Wildman–Crippen LogP) is 0.203. The highest BCUT2D eigenvalue weighted by Gasteiger charge is 2.20. The lowest BCUT2D eigenvalue weighted by Gasteiger charge is -2.32. The lowest BCUT2D eigenvalue weighted by molar-refractivity contribution is -0.0347. The van der Waals surface area contributed by atoms with E-state index in [1.807, 2.05) is 0 Å². The molecule has 0 spiro atoms. The van der Waals surface area contributed by atoms with Crippen LogP contribution in [-0.2, 0) is 11.3 Å². The van der Waals surface area contributed by atoms with Crippen molar-refractivity contribution in [3.8, 4) is 0 Å². The fraction of sp³-hybridized carbons (Fsp3) is 0.538. The Morgan fingerprint density at radius 3 is 3.11 bits per heavy atom. The maximum atomic E-state index is 12.2. The van der Waals surface area contributed by atoms with Gasteiger partial charge in [-0.05, 0) is 18.7 Å². The highest BCUT2D eigenvalue weighted by molar-refractivity contribution is 7.80. The van der Waals surface area contributed by atoms with Gasteiger partial charge in [0, 0.05) is 19.3 Å². The maximum Gasteiger partial charge on any atom is 0.260 e. The van der Waals surface area contributed by atoms with Gasteiger partial charge >= 0.3 is 0 Å². The second-order valence-corrected chi connectivity index (χ2v) is 5.07. The van der Waals surface area contributed by atoms with Gasteiger partial charge in [-0.15, -0.1) is 0 Å². The summed E-state index contributed by atoms with van der Waals surface area (Å²) in [6.07, 6.45) is 1.78. The highest BCUT2D eigenvalue weighted by Crippen LogP contribution is 2.06. The van der Waals surface area contributed by atoms with Gasteiger partial charge < -0.3 is 15.0 Å². The second-order valence-electron chi connectivity index (χ2n) is 4.63. The number of rotatable bonds is 4. The largest absolute Gasteiger partial charge is 0.389 e. The number of thiocarbonyl (C=S) groups is 1. The van der Waals surface area contributed by atoms with Crippen molar-refractivity contribution in [1.82, 2.24) is 9.47 Å². The van der Waals surface area contributed by atoms with Gasteiger partial charge in [-0.1, -0.05) is 19.1 Å². The van der Waals surface area contributed by atoms with E-state index < -0.39 is 0 Å². The third-order valence-electron chi connectivity index (χ3n) is 3.36. The van der Waals surface area contributed by atoms with E-state index in [-0.39, 0.29) is 16.7 Å². The Kier molecular flexibility index (Phi) is 4.68. The normalized spacial score (nSPS) is 20.4. The van der Waals surface area contributed by atoms with Gasteiger partial charge in [-0.3, -0.25) is 9.69 Å². The van der Waals surface area contributed by atoms with E-state index in [1.165, 1.54) is 0 Å². The number of ether oxygens (including phenoxy) is 1. The van der Waals surface area contributed by atoms with Crippen molar-refractivity contribution in [3.63, 3.8) is 0 Å². The van der Waals surface area contributed by atoms with Crippen LogP contribution >= 0.6 is 12.2 Å². The Hall–Kier alpha value is -1.24. The fourth-order valence-corrected chi connectivity index (χ4v) is 2.42. The van der Waals surface area contributed by atoms with Crippen LogP contribution < -0.4 is 11.3 Å². The molecule has 0 aliphatic carbocycles. The van der Waals surface area contributed by atoms with E-state index in [0.717, 1.165) is 19.6 Å². The smallest absolute Gasteiger partial charge is 0.260 e. The summed E-state index contributed by atoms with van der Waals surface area (Å²) in [5.74, 6) is 0. The van der Waals surface area contributed by atoms with Crippen LogP contribution in [0.25, 0.3) is 0 Å². The standard InChI is InChI=1S/C13H19N3O2S/c1-2-15-6-7-18-10(8-15)9-16-5-3-4-11(12(14)19)13(16)17/h3-5,10H,2,6-9H2,1H3,(H2,14,19). The molecule has 1 aliphatic rings. The minimum Gasteiger partial charge on any atom is -0.389 e. The Labute approximate surface area is 118 Å². The monoisotopic (exact) mass is 281 g/mol. The Morgan fingerprint density at radius 1 is 1.63 bits per heavy atom. The van der Waals surface area contributed by atoms with E-state index >= 15 is 0 Å². The minimum atomic E-state index is -0.146. The number of likely N-dealkylation sites (N-methyl/N-ethyl adjacent to an activating group) is 1. The molecule has 1 fully saturated rings. The van der Waals surface area contributed by atoms with Crippen molar-refractivity contribution in [3.05, 3.63) is 34.2 Å². The van der Waals surface area contributed by atoms with E-state index in [2.05, 4.69) is 11.8 Å². The molecule has 1 unspecified atom stereocenters. The van der Waals surface area contributed by atoms with Crippen LogP contribution in [0.5, 0.6) is 0 Å². The molecule has 0 bridgehead atoms. The molecule has 19 heavy (non-hydrogen) atoms. The topological polar surface area (TPSA) is 60.5 Å². The Balaban J connectivity index is 2.13. The van der Waals surface area contributed by atoms with Gasteiger partial charge in [-0.2, -0.15) is 0 Å². The maximum absolute atomic E-state index is 12.2. The molecular formula is C13H19N3O2S. The summed E-state index contributed by atoms with van der Waals surface area (Å²) in [4.78, 5) is 14.6. The third-order valence-corrected chi connectivity index (χ3v) is 3.58. The summed E-state index contributed by atoms with van der Waals surface area (Å²) < 4.78 is 7.33. The van der Waals surface area contributed by atoms with Crippen molar-refractivity contribution in [2.45, 2.75) is 19.6 Å². The molecule has 1 saturated heterocycles. The first kappa shape index (κ1) is 14.2. The Morgan fingerprint density at radius 2 is 2.42 bits per heavy atom. The van der Waals surface area contributed by atoms with E-state index in [1.54, 1.807) is 22.9 Å². The molecule has 104 valence electrons. The molecule has 0 radical (unpaired) electrons. The van der Waals surface area contributed by atoms with Gasteiger partial charge in [0.2, 0.25) is 0 Å². The molecule has 1 aliphatic heterocycles. The van der Waals surface area contributed by atoms with Gasteiger partial charge in [0.1, 0.15) is 4.99 Å². The van der Waals surface area contributed by atoms with E-state index in [9.17, 15) is 4.79 Å². The van der Waals surface area contributed by atoms with E-state index in [0.29, 0.717) is 18.7 Å². The van der Waals surface area contributed by atoms with Crippen LogP contribution in [0.4, 0.5) is 0 Å². The van der Waals surface area contributed by atoms with Crippen molar-refractivity contribution < 1.29 is 4.74 Å². The molecule has 1 atom stereocenters. The number of nitrogens with zero attached hydrogens (tertiary/aromatic N) is 2. The molecule has 2 rings (SSSR count). The van der Waals surface area contributed by atoms with Crippen LogP contribution in [0.15, 0.2) is 23.1 Å². The molecule has 6 heteroatoms. The van der Waals surface area contributed by atoms with Gasteiger partial charge in [0.05, 0.1) is 24.8 Å². The lowest BCUT2D eigenvalue weighted by atomic mass is 10.2. The van der Waals surface area contributed by atoms with Gasteiger partial charge in [0.25, 0.3) is 5.56 Å². The molecule has 0 aromatic carbocycles. The number of aromatic nitrogens is 1. The summed E-state index contributed by atoms with van der Waals surface area (Å²) in [5, 5.41) is 0. The molecule has 0 saturated carbocycles. The number of nitrogens with two attached hydrogens (primary N) is 1. The molecule has 2 N–H and O–H groups in total. The molecule has 0 amide bonds. The molecular weight excluding hydrogens is 262 g/mol. The molecule has 1 aromatic rings. The van der Waals surface area contributed by atoms with Crippen LogP contribution in [-0.4, -0.2) is 46.8 Å².